The molecule has 11 heavy (non-hydrogen) atoms. The fraction of sp³-hybridized carbons (Fsp3) is 1.00. The third-order valence-corrected chi connectivity index (χ3v) is 0.754. The van der Waals surface area contributed by atoms with E-state index < -0.39 is 17.7 Å². The van der Waals surface area contributed by atoms with Crippen LogP contribution >= 0.6 is 12.6 Å². The molecule has 0 fully saturated rings. The summed E-state index contributed by atoms with van der Waals surface area (Å²) in [6.07, 6.45) is -10.8. The largest absolute Gasteiger partial charge is 0.483 e. The first-order valence-electron chi connectivity index (χ1n) is 2.47. The summed E-state index contributed by atoms with van der Waals surface area (Å²) in [5, 5.41) is 0. The van der Waals surface area contributed by atoms with E-state index in [2.05, 4.69) is 17.4 Å². The molecule has 0 aromatic carbocycles. The minimum absolute atomic E-state index is 0.961. The Morgan fingerprint density at radius 3 is 1.64 bits per heavy atom. The van der Waals surface area contributed by atoms with E-state index in [1.54, 1.807) is 0 Å². The molecule has 0 spiro atoms. The molecule has 0 N–H and O–H groups in total. The van der Waals surface area contributed by atoms with E-state index in [4.69, 9.17) is 0 Å². The predicted molar refractivity (Wildman–Crippen MR) is 30.5 cm³/mol. The van der Waals surface area contributed by atoms with Crippen molar-refractivity contribution in [1.29, 1.82) is 0 Å². The molecule has 0 bridgehead atoms. The highest BCUT2D eigenvalue weighted by Crippen LogP contribution is 2.37. The lowest BCUT2D eigenvalue weighted by Gasteiger charge is -2.20. The van der Waals surface area contributed by atoms with Gasteiger partial charge in [0.2, 0.25) is 0 Å². The van der Waals surface area contributed by atoms with E-state index in [0.717, 1.165) is 6.92 Å². The summed E-state index contributed by atoms with van der Waals surface area (Å²) in [5.41, 5.74) is -1.47. The van der Waals surface area contributed by atoms with Crippen molar-refractivity contribution >= 4 is 12.6 Å². The van der Waals surface area contributed by atoms with Crippen molar-refractivity contribution in [1.82, 2.24) is 0 Å². The summed E-state index contributed by atoms with van der Waals surface area (Å²) in [5.74, 6) is 0. The molecule has 0 aliphatic carbocycles. The Bertz CT molecular complexity index is 131. The zero-order chi connectivity index (χ0) is 9.28. The molecule has 0 saturated carbocycles. The molecular weight excluding hydrogens is 191 g/mol. The van der Waals surface area contributed by atoms with Crippen LogP contribution < -0.4 is 0 Å². The van der Waals surface area contributed by atoms with Crippen LogP contribution in [0.25, 0.3) is 0 Å². The van der Waals surface area contributed by atoms with Crippen molar-refractivity contribution in [3.05, 3.63) is 0 Å². The van der Waals surface area contributed by atoms with Gasteiger partial charge in [-0.05, 0) is 6.92 Å². The van der Waals surface area contributed by atoms with Gasteiger partial charge in [-0.3, -0.25) is 4.74 Å². The molecule has 1 unspecified atom stereocenters. The summed E-state index contributed by atoms with van der Waals surface area (Å²) in [4.78, 5) is 0. The van der Waals surface area contributed by atoms with E-state index in [9.17, 15) is 22.0 Å². The lowest BCUT2D eigenvalue weighted by Crippen LogP contribution is -2.40. The van der Waals surface area contributed by atoms with Gasteiger partial charge >= 0.3 is 12.3 Å². The van der Waals surface area contributed by atoms with E-state index in [1.807, 2.05) is 0 Å². The number of ether oxygens (including phenoxy) is 1. The summed E-state index contributed by atoms with van der Waals surface area (Å²) in [6, 6.07) is 0. The quantitative estimate of drug-likeness (QED) is 0.405. The molecule has 0 aromatic heterocycles. The lowest BCUT2D eigenvalue weighted by atomic mass is 10.6. The number of thiol groups is 1. The Labute approximate surface area is 64.9 Å². The Kier molecular flexibility index (Phi) is 3.13. The lowest BCUT2D eigenvalue weighted by molar-refractivity contribution is -0.393. The number of alkyl halides is 5. The molecule has 0 saturated heterocycles. The van der Waals surface area contributed by atoms with Gasteiger partial charge in [0.25, 0.3) is 0 Å². The standard InChI is InChI=1S/C4H5F5OS/c1-2(11)10-4(8,9)3(5,6)7/h2,11H,1H3. The first kappa shape index (κ1) is 11.0. The van der Waals surface area contributed by atoms with Crippen molar-refractivity contribution in [3.8, 4) is 0 Å². The van der Waals surface area contributed by atoms with Crippen molar-refractivity contribution in [2.75, 3.05) is 0 Å². The van der Waals surface area contributed by atoms with Crippen LogP contribution in [0.1, 0.15) is 6.92 Å². The van der Waals surface area contributed by atoms with Gasteiger partial charge < -0.3 is 0 Å². The number of hydrogen-bond acceptors (Lipinski definition) is 2. The SMILES string of the molecule is CC(S)OC(F)(F)C(F)(F)F. The summed E-state index contributed by atoms with van der Waals surface area (Å²) < 4.78 is 60.6. The van der Waals surface area contributed by atoms with Gasteiger partial charge in [-0.15, -0.1) is 12.6 Å². The second-order valence-electron chi connectivity index (χ2n) is 1.73. The topological polar surface area (TPSA) is 9.23 Å². The first-order valence-corrected chi connectivity index (χ1v) is 2.99. The first-order chi connectivity index (χ1) is 4.67. The maximum Gasteiger partial charge on any atom is 0.483 e. The highest BCUT2D eigenvalue weighted by Gasteiger charge is 2.60. The molecule has 0 radical (unpaired) electrons. The second kappa shape index (κ2) is 3.14. The van der Waals surface area contributed by atoms with Gasteiger partial charge in [0, 0.05) is 0 Å². The molecule has 0 rings (SSSR count). The van der Waals surface area contributed by atoms with Gasteiger partial charge in [-0.2, -0.15) is 22.0 Å². The maximum absolute atomic E-state index is 11.8. The molecule has 1 nitrogen and oxygen atoms in total. The highest BCUT2D eigenvalue weighted by molar-refractivity contribution is 7.80. The number of hydrogen-bond donors (Lipinski definition) is 1. The minimum Gasteiger partial charge on any atom is -0.299 e. The Morgan fingerprint density at radius 2 is 1.55 bits per heavy atom. The van der Waals surface area contributed by atoms with Gasteiger partial charge in [-0.25, -0.2) is 0 Å². The van der Waals surface area contributed by atoms with Gasteiger partial charge in [0.05, 0.1) is 0 Å². The van der Waals surface area contributed by atoms with Crippen LogP contribution in [0.4, 0.5) is 22.0 Å². The van der Waals surface area contributed by atoms with E-state index in [0.29, 0.717) is 0 Å². The predicted octanol–water partition coefficient (Wildman–Crippen LogP) is 2.43. The molecule has 0 aliphatic heterocycles. The van der Waals surface area contributed by atoms with Crippen LogP contribution in [0.5, 0.6) is 0 Å². The monoisotopic (exact) mass is 196 g/mol. The van der Waals surface area contributed by atoms with Crippen molar-refractivity contribution < 1.29 is 26.7 Å². The van der Waals surface area contributed by atoms with Gasteiger partial charge in [0.1, 0.15) is 5.44 Å². The minimum atomic E-state index is -5.68. The maximum atomic E-state index is 11.8. The zero-order valence-corrected chi connectivity index (χ0v) is 6.22. The molecule has 0 aliphatic rings. The van der Waals surface area contributed by atoms with Crippen LogP contribution in [0.2, 0.25) is 0 Å². The van der Waals surface area contributed by atoms with E-state index >= 15 is 0 Å². The van der Waals surface area contributed by atoms with Crippen LogP contribution in [0, 0.1) is 0 Å². The van der Waals surface area contributed by atoms with Gasteiger partial charge in [-0.1, -0.05) is 0 Å². The number of halogens is 5. The van der Waals surface area contributed by atoms with E-state index in [1.165, 1.54) is 0 Å². The van der Waals surface area contributed by atoms with Crippen LogP contribution in [0.3, 0.4) is 0 Å². The molecule has 0 amide bonds. The Hall–Kier alpha value is -0.0400. The second-order valence-corrected chi connectivity index (χ2v) is 2.46. The Balaban J connectivity index is 4.22. The van der Waals surface area contributed by atoms with Crippen molar-refractivity contribution in [2.24, 2.45) is 0 Å². The fourth-order valence-corrected chi connectivity index (χ4v) is 0.413. The molecule has 0 heterocycles. The summed E-state index contributed by atoms with van der Waals surface area (Å²) >= 11 is 3.22. The average Bonchev–Trinajstić information content (AvgIpc) is 1.56. The Morgan fingerprint density at radius 1 is 1.18 bits per heavy atom. The summed E-state index contributed by atoms with van der Waals surface area (Å²) in [7, 11) is 0. The molecule has 68 valence electrons. The zero-order valence-electron chi connectivity index (χ0n) is 5.32. The normalized spacial score (nSPS) is 16.6. The van der Waals surface area contributed by atoms with Crippen LogP contribution in [-0.4, -0.2) is 17.7 Å². The van der Waals surface area contributed by atoms with Crippen molar-refractivity contribution in [3.63, 3.8) is 0 Å². The highest BCUT2D eigenvalue weighted by atomic mass is 32.1. The molecular formula is C4H5F5OS. The summed E-state index contributed by atoms with van der Waals surface area (Å²) in [6.45, 7) is 0.961. The molecule has 1 atom stereocenters. The third-order valence-electron chi connectivity index (χ3n) is 0.649. The van der Waals surface area contributed by atoms with Gasteiger partial charge in [0.15, 0.2) is 0 Å². The van der Waals surface area contributed by atoms with Crippen LogP contribution in [-0.2, 0) is 4.74 Å². The van der Waals surface area contributed by atoms with Crippen LogP contribution in [0.15, 0.2) is 0 Å². The number of rotatable bonds is 2. The average molecular weight is 196 g/mol. The molecule has 0 aromatic rings. The fourth-order valence-electron chi connectivity index (χ4n) is 0.281. The smallest absolute Gasteiger partial charge is 0.299 e. The van der Waals surface area contributed by atoms with E-state index in [-0.39, 0.29) is 0 Å². The third kappa shape index (κ3) is 3.24. The molecule has 7 heteroatoms. The van der Waals surface area contributed by atoms with Crippen molar-refractivity contribution in [2.45, 2.75) is 24.6 Å².